The molecule has 0 aromatic heterocycles. The highest BCUT2D eigenvalue weighted by molar-refractivity contribution is 5.91. The second kappa shape index (κ2) is 5.60. The second-order valence-electron chi connectivity index (χ2n) is 10.3. The predicted molar refractivity (Wildman–Crippen MR) is 112 cm³/mol. The summed E-state index contributed by atoms with van der Waals surface area (Å²) in [5, 5.41) is 3.16. The molecule has 0 amide bonds. The van der Waals surface area contributed by atoms with E-state index in [1.165, 1.54) is 51.4 Å². The Morgan fingerprint density at radius 3 is 2.42 bits per heavy atom. The van der Waals surface area contributed by atoms with Crippen molar-refractivity contribution >= 4 is 10.8 Å². The van der Waals surface area contributed by atoms with Crippen molar-refractivity contribution < 1.29 is 0 Å². The van der Waals surface area contributed by atoms with Crippen LogP contribution >= 0.6 is 0 Å². The molecule has 0 spiro atoms. The van der Waals surface area contributed by atoms with Gasteiger partial charge in [0.2, 0.25) is 0 Å². The zero-order valence-corrected chi connectivity index (χ0v) is 17.1. The van der Waals surface area contributed by atoms with Crippen LogP contribution in [0.5, 0.6) is 0 Å². The summed E-state index contributed by atoms with van der Waals surface area (Å²) in [5.41, 5.74) is 7.59. The Labute approximate surface area is 159 Å². The molecule has 0 saturated heterocycles. The Bertz CT molecular complexity index is 871. The van der Waals surface area contributed by atoms with Crippen LogP contribution in [-0.2, 0) is 18.3 Å². The fourth-order valence-electron chi connectivity index (χ4n) is 7.35. The van der Waals surface area contributed by atoms with Crippen molar-refractivity contribution in [1.29, 1.82) is 0 Å². The van der Waals surface area contributed by atoms with Crippen LogP contribution < -0.4 is 0 Å². The highest BCUT2D eigenvalue weighted by Gasteiger charge is 2.49. The molecule has 0 N–H and O–H groups in total. The lowest BCUT2D eigenvalue weighted by atomic mass is 9.50. The number of hydrogen-bond donors (Lipinski definition) is 0. The summed E-state index contributed by atoms with van der Waals surface area (Å²) < 4.78 is 0. The zero-order chi connectivity index (χ0) is 18.1. The summed E-state index contributed by atoms with van der Waals surface area (Å²) in [6.07, 6.45) is 10.8. The first kappa shape index (κ1) is 16.8. The van der Waals surface area contributed by atoms with E-state index in [1.54, 1.807) is 33.0 Å². The highest BCUT2D eigenvalue weighted by atomic mass is 14.5. The minimum Gasteiger partial charge on any atom is -0.0648 e. The van der Waals surface area contributed by atoms with Gasteiger partial charge in [-0.2, -0.15) is 0 Å². The molecular weight excluding hydrogens is 312 g/mol. The van der Waals surface area contributed by atoms with Gasteiger partial charge in [0.25, 0.3) is 0 Å². The minimum atomic E-state index is 0.383. The summed E-state index contributed by atoms with van der Waals surface area (Å²) in [4.78, 5) is 0. The van der Waals surface area contributed by atoms with Crippen molar-refractivity contribution in [3.8, 4) is 0 Å². The van der Waals surface area contributed by atoms with E-state index in [9.17, 15) is 0 Å². The van der Waals surface area contributed by atoms with E-state index in [1.807, 2.05) is 0 Å². The Morgan fingerprint density at radius 1 is 0.885 bits per heavy atom. The average Bonchev–Trinajstić information content (AvgIpc) is 3.04. The van der Waals surface area contributed by atoms with Crippen LogP contribution in [-0.4, -0.2) is 0 Å². The maximum absolute atomic E-state index is 2.59. The van der Waals surface area contributed by atoms with Crippen LogP contribution in [0.1, 0.15) is 94.4 Å². The average molecular weight is 347 g/mol. The molecule has 0 aliphatic heterocycles. The lowest BCUT2D eigenvalue weighted by Crippen LogP contribution is -2.47. The molecule has 2 aromatic carbocycles. The molecule has 5 rings (SSSR count). The van der Waals surface area contributed by atoms with E-state index in [0.717, 1.165) is 11.8 Å². The van der Waals surface area contributed by atoms with E-state index in [-0.39, 0.29) is 0 Å². The van der Waals surface area contributed by atoms with E-state index in [2.05, 4.69) is 52.0 Å². The van der Waals surface area contributed by atoms with Gasteiger partial charge in [0.1, 0.15) is 0 Å². The number of hydrogen-bond acceptors (Lipinski definition) is 0. The van der Waals surface area contributed by atoms with Crippen LogP contribution in [0, 0.1) is 11.3 Å². The number of aryl methyl sites for hydroxylation is 2. The van der Waals surface area contributed by atoms with Gasteiger partial charge in [-0.3, -0.25) is 0 Å². The van der Waals surface area contributed by atoms with Crippen molar-refractivity contribution in [2.24, 2.45) is 11.3 Å². The third-order valence-electron chi connectivity index (χ3n) is 8.66. The summed E-state index contributed by atoms with van der Waals surface area (Å²) >= 11 is 0. The molecule has 138 valence electrons. The van der Waals surface area contributed by atoms with E-state index < -0.39 is 0 Å². The van der Waals surface area contributed by atoms with Gasteiger partial charge >= 0.3 is 0 Å². The molecule has 3 atom stereocenters. The second-order valence-corrected chi connectivity index (χ2v) is 10.3. The molecule has 26 heavy (non-hydrogen) atoms. The minimum absolute atomic E-state index is 0.383. The Kier molecular flexibility index (Phi) is 3.63. The standard InChI is InChI=1S/C26H34/c1-5-17-7-8-19-18(17)9-10-21-20(19)11-13-23-22(21)12-14-24-25(2,3)15-6-16-26(23,24)4/h9-11,13,17,24H,5-8,12,14-16H2,1-4H3. The first-order valence-electron chi connectivity index (χ1n) is 11.0. The van der Waals surface area contributed by atoms with Crippen molar-refractivity contribution in [1.82, 2.24) is 0 Å². The van der Waals surface area contributed by atoms with Gasteiger partial charge in [0.15, 0.2) is 0 Å². The molecule has 0 nitrogen and oxygen atoms in total. The highest BCUT2D eigenvalue weighted by Crippen LogP contribution is 2.58. The van der Waals surface area contributed by atoms with Crippen LogP contribution in [0.3, 0.4) is 0 Å². The van der Waals surface area contributed by atoms with Crippen LogP contribution in [0.2, 0.25) is 0 Å². The molecule has 2 aromatic rings. The monoisotopic (exact) mass is 346 g/mol. The van der Waals surface area contributed by atoms with Crippen molar-refractivity contribution in [2.45, 2.75) is 90.4 Å². The summed E-state index contributed by atoms with van der Waals surface area (Å²) in [6.45, 7) is 9.99. The molecule has 0 radical (unpaired) electrons. The molecule has 0 heteroatoms. The Hall–Kier alpha value is -1.30. The molecule has 1 fully saturated rings. The van der Waals surface area contributed by atoms with Gasteiger partial charge in [-0.25, -0.2) is 0 Å². The third-order valence-corrected chi connectivity index (χ3v) is 8.66. The smallest absolute Gasteiger partial charge is 0.00389 e. The van der Waals surface area contributed by atoms with Crippen molar-refractivity contribution in [3.05, 3.63) is 46.5 Å². The van der Waals surface area contributed by atoms with Gasteiger partial charge < -0.3 is 0 Å². The summed E-state index contributed by atoms with van der Waals surface area (Å²) in [6, 6.07) is 10.0. The quantitative estimate of drug-likeness (QED) is 0.508. The molecule has 3 unspecified atom stereocenters. The van der Waals surface area contributed by atoms with Crippen LogP contribution in [0.25, 0.3) is 10.8 Å². The third kappa shape index (κ3) is 2.14. The van der Waals surface area contributed by atoms with E-state index >= 15 is 0 Å². The van der Waals surface area contributed by atoms with Gasteiger partial charge in [-0.05, 0) is 101 Å². The zero-order valence-electron chi connectivity index (χ0n) is 17.1. The fraction of sp³-hybridized carbons (Fsp3) is 0.615. The maximum atomic E-state index is 2.59. The van der Waals surface area contributed by atoms with Crippen LogP contribution in [0.4, 0.5) is 0 Å². The topological polar surface area (TPSA) is 0 Å². The van der Waals surface area contributed by atoms with Gasteiger partial charge in [0.05, 0.1) is 0 Å². The lowest BCUT2D eigenvalue weighted by molar-refractivity contribution is 0.0410. The van der Waals surface area contributed by atoms with Crippen molar-refractivity contribution in [2.75, 3.05) is 0 Å². The Balaban J connectivity index is 1.69. The largest absolute Gasteiger partial charge is 0.0648 e. The molecule has 3 aliphatic carbocycles. The predicted octanol–water partition coefficient (Wildman–Crippen LogP) is 7.31. The molecule has 1 saturated carbocycles. The fourth-order valence-corrected chi connectivity index (χ4v) is 7.35. The molecule has 0 bridgehead atoms. The molecule has 3 aliphatic rings. The molecule has 0 heterocycles. The SMILES string of the molecule is CCC1CCc2c1ccc1c3c(ccc21)C1(C)CCCC(C)(C)C1CC3. The van der Waals surface area contributed by atoms with Crippen LogP contribution in [0.15, 0.2) is 24.3 Å². The van der Waals surface area contributed by atoms with E-state index in [0.29, 0.717) is 10.8 Å². The summed E-state index contributed by atoms with van der Waals surface area (Å²) in [5.74, 6) is 1.64. The Morgan fingerprint density at radius 2 is 1.62 bits per heavy atom. The summed E-state index contributed by atoms with van der Waals surface area (Å²) in [7, 11) is 0. The van der Waals surface area contributed by atoms with Crippen molar-refractivity contribution in [3.63, 3.8) is 0 Å². The number of rotatable bonds is 1. The maximum Gasteiger partial charge on any atom is -0.00389 e. The molecular formula is C26H34. The lowest BCUT2D eigenvalue weighted by Gasteiger charge is -2.54. The number of benzene rings is 2. The normalized spacial score (nSPS) is 32.2. The van der Waals surface area contributed by atoms with Gasteiger partial charge in [0, 0.05) is 0 Å². The van der Waals surface area contributed by atoms with Gasteiger partial charge in [-0.1, -0.05) is 58.4 Å². The first-order valence-corrected chi connectivity index (χ1v) is 11.0. The van der Waals surface area contributed by atoms with E-state index in [4.69, 9.17) is 0 Å². The first-order chi connectivity index (χ1) is 12.5. The number of fused-ring (bicyclic) bond motifs is 7. The van der Waals surface area contributed by atoms with Gasteiger partial charge in [-0.15, -0.1) is 0 Å².